The summed E-state index contributed by atoms with van der Waals surface area (Å²) < 4.78 is 13.5. The lowest BCUT2D eigenvalue weighted by Crippen LogP contribution is -2.11. The van der Waals surface area contributed by atoms with E-state index in [0.717, 1.165) is 0 Å². The molecule has 3 aromatic rings. The standard InChI is InChI=1S/C14H8ClFN2O2S/c15-10-6-5-9(21-10)12-17-13(19)11(14(20)18-12)7-1-3-8(16)4-2-7/h1-6H,(H2,17,18,19,20). The van der Waals surface area contributed by atoms with E-state index in [2.05, 4.69) is 9.97 Å². The smallest absolute Gasteiger partial charge is 0.262 e. The van der Waals surface area contributed by atoms with E-state index in [-0.39, 0.29) is 11.4 Å². The van der Waals surface area contributed by atoms with Crippen molar-refractivity contribution in [3.8, 4) is 27.7 Å². The minimum Gasteiger partial charge on any atom is -0.493 e. The zero-order chi connectivity index (χ0) is 15.0. The summed E-state index contributed by atoms with van der Waals surface area (Å²) in [6, 6.07) is 8.60. The van der Waals surface area contributed by atoms with Crippen LogP contribution in [0.4, 0.5) is 4.39 Å². The molecule has 0 radical (unpaired) electrons. The van der Waals surface area contributed by atoms with E-state index in [1.165, 1.54) is 35.6 Å². The van der Waals surface area contributed by atoms with Gasteiger partial charge in [-0.05, 0) is 29.8 Å². The van der Waals surface area contributed by atoms with Gasteiger partial charge in [0.25, 0.3) is 5.56 Å². The van der Waals surface area contributed by atoms with Crippen LogP contribution in [0.1, 0.15) is 0 Å². The second-order valence-electron chi connectivity index (χ2n) is 4.22. The Morgan fingerprint density at radius 2 is 1.90 bits per heavy atom. The van der Waals surface area contributed by atoms with E-state index in [1.54, 1.807) is 12.1 Å². The van der Waals surface area contributed by atoms with Crippen molar-refractivity contribution in [1.29, 1.82) is 0 Å². The molecule has 0 spiro atoms. The largest absolute Gasteiger partial charge is 0.493 e. The molecule has 7 heteroatoms. The molecule has 0 amide bonds. The predicted molar refractivity (Wildman–Crippen MR) is 80.2 cm³/mol. The van der Waals surface area contributed by atoms with Crippen LogP contribution in [0.3, 0.4) is 0 Å². The van der Waals surface area contributed by atoms with Crippen LogP contribution in [0.25, 0.3) is 21.8 Å². The molecule has 0 saturated carbocycles. The number of hydrogen-bond acceptors (Lipinski definition) is 4. The fraction of sp³-hybridized carbons (Fsp3) is 0. The maximum absolute atomic E-state index is 12.9. The summed E-state index contributed by atoms with van der Waals surface area (Å²) in [6.07, 6.45) is 0. The normalized spacial score (nSPS) is 10.8. The van der Waals surface area contributed by atoms with E-state index < -0.39 is 17.3 Å². The number of hydrogen-bond donors (Lipinski definition) is 2. The van der Waals surface area contributed by atoms with Gasteiger partial charge in [-0.1, -0.05) is 23.7 Å². The summed E-state index contributed by atoms with van der Waals surface area (Å²) >= 11 is 7.07. The summed E-state index contributed by atoms with van der Waals surface area (Å²) in [5.74, 6) is -0.599. The number of nitrogens with zero attached hydrogens (tertiary/aromatic N) is 1. The summed E-state index contributed by atoms with van der Waals surface area (Å²) in [5.41, 5.74) is -0.117. The number of rotatable bonds is 2. The third-order valence-electron chi connectivity index (χ3n) is 2.84. The Kier molecular flexibility index (Phi) is 3.48. The maximum Gasteiger partial charge on any atom is 0.262 e. The van der Waals surface area contributed by atoms with Crippen molar-refractivity contribution in [3.63, 3.8) is 0 Å². The zero-order valence-corrected chi connectivity index (χ0v) is 12.0. The lowest BCUT2D eigenvalue weighted by Gasteiger charge is -2.05. The fourth-order valence-electron chi connectivity index (χ4n) is 1.90. The van der Waals surface area contributed by atoms with E-state index in [9.17, 15) is 14.3 Å². The van der Waals surface area contributed by atoms with Gasteiger partial charge in [0.15, 0.2) is 5.82 Å². The number of aromatic hydroxyl groups is 1. The Balaban J connectivity index is 2.12. The van der Waals surface area contributed by atoms with E-state index >= 15 is 0 Å². The molecule has 0 unspecified atom stereocenters. The highest BCUT2D eigenvalue weighted by molar-refractivity contribution is 7.19. The van der Waals surface area contributed by atoms with Crippen molar-refractivity contribution in [1.82, 2.24) is 9.97 Å². The van der Waals surface area contributed by atoms with Crippen LogP contribution in [-0.4, -0.2) is 15.1 Å². The van der Waals surface area contributed by atoms with Gasteiger partial charge < -0.3 is 10.1 Å². The fourth-order valence-corrected chi connectivity index (χ4v) is 2.88. The molecule has 2 N–H and O–H groups in total. The summed E-state index contributed by atoms with van der Waals surface area (Å²) in [6.45, 7) is 0. The van der Waals surface area contributed by atoms with Crippen LogP contribution < -0.4 is 5.56 Å². The number of aromatic amines is 1. The lowest BCUT2D eigenvalue weighted by molar-refractivity contribution is 0.454. The monoisotopic (exact) mass is 322 g/mol. The predicted octanol–water partition coefficient (Wildman–Crippen LogP) is 3.66. The Labute approximate surface area is 127 Å². The van der Waals surface area contributed by atoms with E-state index in [4.69, 9.17) is 11.6 Å². The van der Waals surface area contributed by atoms with Crippen LogP contribution in [0, 0.1) is 5.82 Å². The molecule has 0 aliphatic rings. The molecular formula is C14H8ClFN2O2S. The molecule has 0 saturated heterocycles. The Hall–Kier alpha value is -2.18. The molecule has 106 valence electrons. The van der Waals surface area contributed by atoms with Gasteiger partial charge >= 0.3 is 0 Å². The van der Waals surface area contributed by atoms with Crippen molar-refractivity contribution >= 4 is 22.9 Å². The Morgan fingerprint density at radius 1 is 1.19 bits per heavy atom. The number of halogens is 2. The Bertz CT molecular complexity index is 858. The molecule has 0 aliphatic carbocycles. The molecule has 0 fully saturated rings. The summed E-state index contributed by atoms with van der Waals surface area (Å²) in [5, 5.41) is 10.0. The average molecular weight is 323 g/mol. The second-order valence-corrected chi connectivity index (χ2v) is 5.94. The molecule has 0 bridgehead atoms. The van der Waals surface area contributed by atoms with Gasteiger partial charge in [0.2, 0.25) is 5.88 Å². The van der Waals surface area contributed by atoms with Crippen LogP contribution >= 0.6 is 22.9 Å². The first-order chi connectivity index (χ1) is 10.0. The lowest BCUT2D eigenvalue weighted by atomic mass is 10.1. The number of thiophene rings is 1. The molecule has 21 heavy (non-hydrogen) atoms. The van der Waals surface area contributed by atoms with Crippen LogP contribution in [0.15, 0.2) is 41.2 Å². The molecule has 0 atom stereocenters. The maximum atomic E-state index is 12.9. The third-order valence-corrected chi connectivity index (χ3v) is 4.08. The van der Waals surface area contributed by atoms with Gasteiger partial charge in [0, 0.05) is 0 Å². The van der Waals surface area contributed by atoms with Crippen molar-refractivity contribution < 1.29 is 9.50 Å². The highest BCUT2D eigenvalue weighted by Crippen LogP contribution is 2.31. The van der Waals surface area contributed by atoms with Gasteiger partial charge in [-0.3, -0.25) is 4.79 Å². The van der Waals surface area contributed by atoms with E-state index in [1.807, 2.05) is 0 Å². The average Bonchev–Trinajstić information content (AvgIpc) is 2.87. The van der Waals surface area contributed by atoms with E-state index in [0.29, 0.717) is 14.8 Å². The van der Waals surface area contributed by atoms with Gasteiger partial charge in [0.05, 0.1) is 9.21 Å². The molecular weight excluding hydrogens is 315 g/mol. The highest BCUT2D eigenvalue weighted by Gasteiger charge is 2.14. The van der Waals surface area contributed by atoms with Gasteiger partial charge in [0.1, 0.15) is 11.4 Å². The van der Waals surface area contributed by atoms with Crippen LogP contribution in [-0.2, 0) is 0 Å². The number of aromatic nitrogens is 2. The number of nitrogens with one attached hydrogen (secondary N) is 1. The molecule has 2 aromatic heterocycles. The SMILES string of the molecule is O=c1[nH]c(-c2ccc(Cl)s2)nc(O)c1-c1ccc(F)cc1. The quantitative estimate of drug-likeness (QED) is 0.756. The van der Waals surface area contributed by atoms with Gasteiger partial charge in [-0.15, -0.1) is 11.3 Å². The summed E-state index contributed by atoms with van der Waals surface area (Å²) in [7, 11) is 0. The van der Waals surface area contributed by atoms with Gasteiger partial charge in [-0.25, -0.2) is 4.39 Å². The van der Waals surface area contributed by atoms with Crippen molar-refractivity contribution in [2.45, 2.75) is 0 Å². The first kappa shape index (κ1) is 13.8. The third kappa shape index (κ3) is 2.68. The number of H-pyrrole nitrogens is 1. The van der Waals surface area contributed by atoms with Crippen molar-refractivity contribution in [2.75, 3.05) is 0 Å². The zero-order valence-electron chi connectivity index (χ0n) is 10.4. The highest BCUT2D eigenvalue weighted by atomic mass is 35.5. The molecule has 0 aliphatic heterocycles. The van der Waals surface area contributed by atoms with Crippen LogP contribution in [0.2, 0.25) is 4.34 Å². The topological polar surface area (TPSA) is 66.0 Å². The van der Waals surface area contributed by atoms with Gasteiger partial charge in [-0.2, -0.15) is 4.98 Å². The molecule has 2 heterocycles. The molecule has 3 rings (SSSR count). The first-order valence-electron chi connectivity index (χ1n) is 5.89. The number of benzene rings is 1. The molecule has 1 aromatic carbocycles. The molecule has 4 nitrogen and oxygen atoms in total. The van der Waals surface area contributed by atoms with Crippen LogP contribution in [0.5, 0.6) is 5.88 Å². The minimum absolute atomic E-state index is 0.00130. The van der Waals surface area contributed by atoms with Crippen molar-refractivity contribution in [3.05, 3.63) is 56.9 Å². The summed E-state index contributed by atoms with van der Waals surface area (Å²) in [4.78, 5) is 19.4. The first-order valence-corrected chi connectivity index (χ1v) is 7.09. The second kappa shape index (κ2) is 5.31. The Morgan fingerprint density at radius 3 is 2.48 bits per heavy atom. The minimum atomic E-state index is -0.506. The van der Waals surface area contributed by atoms with Crippen molar-refractivity contribution in [2.24, 2.45) is 0 Å².